The Bertz CT molecular complexity index is 1470. The molecule has 0 radical (unpaired) electrons. The average Bonchev–Trinajstić information content (AvgIpc) is 3.36. The summed E-state index contributed by atoms with van der Waals surface area (Å²) in [5.74, 6) is -0.143. The summed E-state index contributed by atoms with van der Waals surface area (Å²) in [5.41, 5.74) is 1.65. The first-order valence-electron chi connectivity index (χ1n) is 12.5. The third-order valence-corrected chi connectivity index (χ3v) is 6.05. The highest BCUT2D eigenvalue weighted by molar-refractivity contribution is 5.75. The van der Waals surface area contributed by atoms with Gasteiger partial charge >= 0.3 is 12.1 Å². The summed E-state index contributed by atoms with van der Waals surface area (Å²) in [4.78, 5) is 16.4. The first kappa shape index (κ1) is 28.0. The van der Waals surface area contributed by atoms with Crippen LogP contribution in [0.5, 0.6) is 0 Å². The molecule has 1 N–H and O–H groups in total. The Morgan fingerprint density at radius 2 is 1.72 bits per heavy atom. The molecule has 0 aliphatic rings. The highest BCUT2D eigenvalue weighted by atomic mass is 19.4. The molecule has 0 amide bonds. The number of carbonyl (C=O) groups is 1. The van der Waals surface area contributed by atoms with Crippen LogP contribution in [0.4, 0.5) is 13.2 Å². The zero-order valence-electron chi connectivity index (χ0n) is 22.4. The molecule has 0 aliphatic carbocycles. The number of carbonyl (C=O) groups excluding carboxylic acids is 1. The molecule has 4 rings (SSSR count). The van der Waals surface area contributed by atoms with E-state index in [1.165, 1.54) is 6.07 Å². The molecule has 0 spiro atoms. The SMILES string of the molecule is Cc1ccccc1-c1ccc(-c2nc(-c3cccc(C(C)NCC(=O)OC(C)(C)C)c3)no2)cc1C(F)(F)F. The van der Waals surface area contributed by atoms with E-state index >= 15 is 0 Å². The van der Waals surface area contributed by atoms with Crippen LogP contribution in [0.2, 0.25) is 0 Å². The molecule has 4 aromatic rings. The first-order valence-corrected chi connectivity index (χ1v) is 12.5. The molecule has 9 heteroatoms. The number of benzene rings is 3. The molecular formula is C30H30F3N3O3. The molecule has 204 valence electrons. The summed E-state index contributed by atoms with van der Waals surface area (Å²) in [6.45, 7) is 9.13. The quantitative estimate of drug-likeness (QED) is 0.248. The predicted octanol–water partition coefficient (Wildman–Crippen LogP) is 7.39. The predicted molar refractivity (Wildman–Crippen MR) is 143 cm³/mol. The Labute approximate surface area is 225 Å². The number of aromatic nitrogens is 2. The van der Waals surface area contributed by atoms with E-state index in [0.717, 1.165) is 17.2 Å². The maximum absolute atomic E-state index is 14.0. The van der Waals surface area contributed by atoms with E-state index < -0.39 is 17.3 Å². The van der Waals surface area contributed by atoms with E-state index in [-0.39, 0.29) is 41.4 Å². The first-order chi connectivity index (χ1) is 18.3. The number of esters is 1. The van der Waals surface area contributed by atoms with Crippen LogP contribution in [0.25, 0.3) is 34.0 Å². The summed E-state index contributed by atoms with van der Waals surface area (Å²) in [6, 6.07) is 18.1. The smallest absolute Gasteiger partial charge is 0.417 e. The molecule has 6 nitrogen and oxygen atoms in total. The Morgan fingerprint density at radius 1 is 0.974 bits per heavy atom. The van der Waals surface area contributed by atoms with E-state index in [0.29, 0.717) is 11.1 Å². The van der Waals surface area contributed by atoms with Crippen molar-refractivity contribution in [3.63, 3.8) is 0 Å². The largest absolute Gasteiger partial charge is 0.459 e. The van der Waals surface area contributed by atoms with Crippen LogP contribution >= 0.6 is 0 Å². The Morgan fingerprint density at radius 3 is 2.41 bits per heavy atom. The minimum atomic E-state index is -4.58. The van der Waals surface area contributed by atoms with E-state index in [9.17, 15) is 18.0 Å². The number of hydrogen-bond acceptors (Lipinski definition) is 6. The third-order valence-electron chi connectivity index (χ3n) is 6.05. The van der Waals surface area contributed by atoms with Gasteiger partial charge < -0.3 is 14.6 Å². The molecule has 3 aromatic carbocycles. The van der Waals surface area contributed by atoms with Crippen LogP contribution in [-0.4, -0.2) is 28.3 Å². The number of rotatable bonds is 7. The van der Waals surface area contributed by atoms with Gasteiger partial charge in [0, 0.05) is 17.2 Å². The summed E-state index contributed by atoms with van der Waals surface area (Å²) in [7, 11) is 0. The fourth-order valence-corrected chi connectivity index (χ4v) is 4.16. The van der Waals surface area contributed by atoms with Crippen LogP contribution < -0.4 is 5.32 Å². The lowest BCUT2D eigenvalue weighted by Crippen LogP contribution is -2.32. The number of hydrogen-bond donors (Lipinski definition) is 1. The van der Waals surface area contributed by atoms with Crippen LogP contribution in [-0.2, 0) is 15.7 Å². The Balaban J connectivity index is 1.57. The van der Waals surface area contributed by atoms with Gasteiger partial charge in [0.2, 0.25) is 5.82 Å². The number of nitrogens with one attached hydrogen (secondary N) is 1. The maximum atomic E-state index is 14.0. The number of nitrogens with zero attached hydrogens (tertiary/aromatic N) is 2. The molecule has 1 unspecified atom stereocenters. The normalized spacial score (nSPS) is 12.8. The van der Waals surface area contributed by atoms with Crippen LogP contribution in [0.15, 0.2) is 71.3 Å². The Kier molecular flexibility index (Phi) is 7.92. The van der Waals surface area contributed by atoms with Gasteiger partial charge in [-0.25, -0.2) is 0 Å². The molecule has 1 aromatic heterocycles. The highest BCUT2D eigenvalue weighted by Crippen LogP contribution is 2.40. The molecule has 0 bridgehead atoms. The third kappa shape index (κ3) is 6.92. The second kappa shape index (κ2) is 11.0. The summed E-state index contributed by atoms with van der Waals surface area (Å²) in [6.07, 6.45) is -4.58. The lowest BCUT2D eigenvalue weighted by Gasteiger charge is -2.21. The van der Waals surface area contributed by atoms with E-state index in [4.69, 9.17) is 9.26 Å². The molecule has 0 saturated carbocycles. The van der Waals surface area contributed by atoms with Gasteiger partial charge in [0.15, 0.2) is 0 Å². The topological polar surface area (TPSA) is 77.2 Å². The summed E-state index contributed by atoms with van der Waals surface area (Å²) in [5, 5.41) is 7.13. The van der Waals surface area contributed by atoms with Crippen molar-refractivity contribution in [2.45, 2.75) is 52.4 Å². The van der Waals surface area contributed by atoms with Crippen molar-refractivity contribution in [1.29, 1.82) is 0 Å². The van der Waals surface area contributed by atoms with Gasteiger partial charge in [0.05, 0.1) is 12.1 Å². The van der Waals surface area contributed by atoms with Crippen molar-refractivity contribution < 1.29 is 27.2 Å². The van der Waals surface area contributed by atoms with E-state index in [2.05, 4.69) is 15.5 Å². The van der Waals surface area contributed by atoms with Crippen molar-refractivity contribution in [1.82, 2.24) is 15.5 Å². The van der Waals surface area contributed by atoms with Gasteiger partial charge in [-0.2, -0.15) is 18.2 Å². The zero-order valence-corrected chi connectivity index (χ0v) is 22.4. The second-order valence-corrected chi connectivity index (χ2v) is 10.3. The zero-order chi connectivity index (χ0) is 28.4. The minimum Gasteiger partial charge on any atom is -0.459 e. The van der Waals surface area contributed by atoms with Crippen molar-refractivity contribution in [3.05, 3.63) is 83.4 Å². The van der Waals surface area contributed by atoms with Crippen LogP contribution in [0.1, 0.15) is 50.4 Å². The van der Waals surface area contributed by atoms with Crippen molar-refractivity contribution in [3.8, 4) is 34.0 Å². The second-order valence-electron chi connectivity index (χ2n) is 10.3. The van der Waals surface area contributed by atoms with Gasteiger partial charge in [0.1, 0.15) is 5.60 Å². The van der Waals surface area contributed by atoms with Crippen molar-refractivity contribution in [2.75, 3.05) is 6.54 Å². The van der Waals surface area contributed by atoms with Gasteiger partial charge in [-0.1, -0.05) is 53.7 Å². The van der Waals surface area contributed by atoms with Crippen LogP contribution in [0, 0.1) is 6.92 Å². The monoisotopic (exact) mass is 537 g/mol. The number of halogens is 3. The molecule has 0 aliphatic heterocycles. The van der Waals surface area contributed by atoms with Gasteiger partial charge in [-0.05, 0) is 75.1 Å². The molecule has 0 saturated heterocycles. The Hall–Kier alpha value is -3.98. The fourth-order valence-electron chi connectivity index (χ4n) is 4.16. The number of alkyl halides is 3. The summed E-state index contributed by atoms with van der Waals surface area (Å²) < 4.78 is 52.8. The number of ether oxygens (including phenoxy) is 1. The van der Waals surface area contributed by atoms with E-state index in [1.54, 1.807) is 64.1 Å². The molecule has 39 heavy (non-hydrogen) atoms. The maximum Gasteiger partial charge on any atom is 0.417 e. The average molecular weight is 538 g/mol. The standard InChI is InChI=1S/C30H30F3N3O3/c1-18-9-6-7-12-23(18)24-14-13-22(16-25(24)30(31,32)33)28-35-27(36-39-28)21-11-8-10-20(15-21)19(2)34-17-26(37)38-29(3,4)5/h6-16,19,34H,17H2,1-5H3. The lowest BCUT2D eigenvalue weighted by atomic mass is 9.94. The van der Waals surface area contributed by atoms with E-state index in [1.807, 2.05) is 25.1 Å². The minimum absolute atomic E-state index is 0.0201. The highest BCUT2D eigenvalue weighted by Gasteiger charge is 2.34. The van der Waals surface area contributed by atoms with Crippen LogP contribution in [0.3, 0.4) is 0 Å². The summed E-state index contributed by atoms with van der Waals surface area (Å²) >= 11 is 0. The van der Waals surface area contributed by atoms with Crippen molar-refractivity contribution >= 4 is 5.97 Å². The molecule has 0 fully saturated rings. The van der Waals surface area contributed by atoms with Crippen molar-refractivity contribution in [2.24, 2.45) is 0 Å². The van der Waals surface area contributed by atoms with Gasteiger partial charge in [-0.3, -0.25) is 4.79 Å². The molecule has 1 atom stereocenters. The molecular weight excluding hydrogens is 507 g/mol. The fraction of sp³-hybridized carbons (Fsp3) is 0.300. The van der Waals surface area contributed by atoms with Gasteiger partial charge in [0.25, 0.3) is 5.89 Å². The number of aryl methyl sites for hydroxylation is 1. The lowest BCUT2D eigenvalue weighted by molar-refractivity contribution is -0.153. The van der Waals surface area contributed by atoms with Gasteiger partial charge in [-0.15, -0.1) is 0 Å². The molecule has 1 heterocycles.